The van der Waals surface area contributed by atoms with Crippen LogP contribution in [0.3, 0.4) is 0 Å². The summed E-state index contributed by atoms with van der Waals surface area (Å²) in [6.45, 7) is 8.38. The molecule has 2 rings (SSSR count). The van der Waals surface area contributed by atoms with Gasteiger partial charge in [0.05, 0.1) is 11.2 Å². The molecular formula is C15H20BCl2NO2. The SMILES string of the molecule is CC1(C)OB(C(=Cc2cc(Cl)cc(Cl)c2)CN)OC1(C)C. The molecule has 2 N–H and O–H groups in total. The highest BCUT2D eigenvalue weighted by molar-refractivity contribution is 6.56. The van der Waals surface area contributed by atoms with Crippen LogP contribution >= 0.6 is 23.2 Å². The summed E-state index contributed by atoms with van der Waals surface area (Å²) >= 11 is 12.0. The van der Waals surface area contributed by atoms with Crippen molar-refractivity contribution in [1.29, 1.82) is 0 Å². The maximum Gasteiger partial charge on any atom is 0.491 e. The molecule has 1 aromatic rings. The van der Waals surface area contributed by atoms with Crippen LogP contribution < -0.4 is 5.73 Å². The molecule has 1 saturated heterocycles. The topological polar surface area (TPSA) is 44.5 Å². The Balaban J connectivity index is 2.30. The van der Waals surface area contributed by atoms with E-state index < -0.39 is 18.3 Å². The van der Waals surface area contributed by atoms with Crippen molar-refractivity contribution >= 4 is 36.4 Å². The first kappa shape index (κ1) is 16.8. The van der Waals surface area contributed by atoms with E-state index in [1.54, 1.807) is 6.07 Å². The summed E-state index contributed by atoms with van der Waals surface area (Å²) in [5.41, 5.74) is 6.81. The number of hydrogen-bond donors (Lipinski definition) is 1. The van der Waals surface area contributed by atoms with E-state index in [-0.39, 0.29) is 0 Å². The molecule has 0 radical (unpaired) electrons. The summed E-state index contributed by atoms with van der Waals surface area (Å²) in [6, 6.07) is 5.35. The highest BCUT2D eigenvalue weighted by atomic mass is 35.5. The normalized spacial score (nSPS) is 20.9. The van der Waals surface area contributed by atoms with Crippen molar-refractivity contribution in [3.05, 3.63) is 39.3 Å². The Bertz CT molecular complexity index is 537. The average Bonchev–Trinajstić information content (AvgIpc) is 2.54. The second-order valence-electron chi connectivity index (χ2n) is 6.21. The Morgan fingerprint density at radius 1 is 1.10 bits per heavy atom. The lowest BCUT2D eigenvalue weighted by atomic mass is 9.77. The lowest BCUT2D eigenvalue weighted by Crippen LogP contribution is -2.41. The van der Waals surface area contributed by atoms with Gasteiger partial charge in [-0.2, -0.15) is 0 Å². The van der Waals surface area contributed by atoms with Gasteiger partial charge in [-0.1, -0.05) is 29.3 Å². The summed E-state index contributed by atoms with van der Waals surface area (Å²) in [4.78, 5) is 0. The van der Waals surface area contributed by atoms with Crippen molar-refractivity contribution in [3.8, 4) is 0 Å². The third-order valence-electron chi connectivity index (χ3n) is 4.03. The van der Waals surface area contributed by atoms with Gasteiger partial charge in [-0.3, -0.25) is 0 Å². The van der Waals surface area contributed by atoms with Gasteiger partial charge < -0.3 is 15.0 Å². The summed E-state index contributed by atoms with van der Waals surface area (Å²) in [5, 5.41) is 1.16. The molecule has 1 fully saturated rings. The zero-order chi connectivity index (χ0) is 15.8. The second-order valence-corrected chi connectivity index (χ2v) is 7.09. The van der Waals surface area contributed by atoms with Crippen LogP contribution in [0.2, 0.25) is 10.0 Å². The van der Waals surface area contributed by atoms with Gasteiger partial charge in [0, 0.05) is 16.6 Å². The van der Waals surface area contributed by atoms with Gasteiger partial charge in [-0.05, 0) is 56.9 Å². The van der Waals surface area contributed by atoms with Crippen LogP contribution in [0.15, 0.2) is 23.7 Å². The minimum Gasteiger partial charge on any atom is -0.400 e. The molecule has 1 heterocycles. The predicted octanol–water partition coefficient (Wildman–Crippen LogP) is 3.97. The number of nitrogens with two attached hydrogens (primary N) is 1. The Labute approximate surface area is 136 Å². The van der Waals surface area contributed by atoms with Crippen molar-refractivity contribution in [2.45, 2.75) is 38.9 Å². The van der Waals surface area contributed by atoms with E-state index in [0.29, 0.717) is 16.6 Å². The Morgan fingerprint density at radius 2 is 1.57 bits per heavy atom. The molecule has 6 heteroatoms. The molecule has 0 atom stereocenters. The van der Waals surface area contributed by atoms with Crippen molar-refractivity contribution in [3.63, 3.8) is 0 Å². The number of halogens is 2. The first-order valence-electron chi connectivity index (χ1n) is 6.87. The predicted molar refractivity (Wildman–Crippen MR) is 89.6 cm³/mol. The quantitative estimate of drug-likeness (QED) is 0.854. The Hall–Kier alpha value is -0.515. The van der Waals surface area contributed by atoms with Crippen molar-refractivity contribution in [2.24, 2.45) is 5.73 Å². The Kier molecular flexibility index (Phi) is 4.76. The van der Waals surface area contributed by atoms with Crippen LogP contribution in [-0.4, -0.2) is 24.9 Å². The van der Waals surface area contributed by atoms with E-state index in [1.807, 2.05) is 45.9 Å². The molecule has 0 bridgehead atoms. The van der Waals surface area contributed by atoms with Crippen LogP contribution in [0.4, 0.5) is 0 Å². The maximum absolute atomic E-state index is 6.02. The fraction of sp³-hybridized carbons (Fsp3) is 0.467. The smallest absolute Gasteiger partial charge is 0.400 e. The highest BCUT2D eigenvalue weighted by Gasteiger charge is 2.52. The van der Waals surface area contributed by atoms with E-state index in [0.717, 1.165) is 11.0 Å². The molecule has 0 unspecified atom stereocenters. The molecule has 1 aliphatic rings. The zero-order valence-corrected chi connectivity index (χ0v) is 14.3. The summed E-state index contributed by atoms with van der Waals surface area (Å²) < 4.78 is 12.0. The van der Waals surface area contributed by atoms with E-state index in [1.165, 1.54) is 0 Å². The number of benzene rings is 1. The minimum absolute atomic E-state index is 0.334. The van der Waals surface area contributed by atoms with Crippen LogP contribution in [0.1, 0.15) is 33.3 Å². The van der Waals surface area contributed by atoms with Gasteiger partial charge in [-0.15, -0.1) is 0 Å². The minimum atomic E-state index is -0.460. The lowest BCUT2D eigenvalue weighted by Gasteiger charge is -2.32. The van der Waals surface area contributed by atoms with Gasteiger partial charge in [0.15, 0.2) is 0 Å². The van der Waals surface area contributed by atoms with Crippen molar-refractivity contribution < 1.29 is 9.31 Å². The highest BCUT2D eigenvalue weighted by Crippen LogP contribution is 2.38. The van der Waals surface area contributed by atoms with Crippen LogP contribution in [0.25, 0.3) is 6.08 Å². The monoisotopic (exact) mass is 327 g/mol. The van der Waals surface area contributed by atoms with Gasteiger partial charge >= 0.3 is 7.12 Å². The van der Waals surface area contributed by atoms with Crippen molar-refractivity contribution in [2.75, 3.05) is 6.54 Å². The van der Waals surface area contributed by atoms with Gasteiger partial charge in [0.1, 0.15) is 0 Å². The number of rotatable bonds is 3. The molecule has 1 aliphatic heterocycles. The fourth-order valence-corrected chi connectivity index (χ4v) is 2.63. The second kappa shape index (κ2) is 5.94. The van der Waals surface area contributed by atoms with E-state index in [9.17, 15) is 0 Å². The van der Waals surface area contributed by atoms with Gasteiger partial charge in [0.25, 0.3) is 0 Å². The van der Waals surface area contributed by atoms with Crippen LogP contribution in [-0.2, 0) is 9.31 Å². The molecule has 114 valence electrons. The number of hydrogen-bond acceptors (Lipinski definition) is 3. The summed E-state index contributed by atoms with van der Waals surface area (Å²) in [5.74, 6) is 0. The Morgan fingerprint density at radius 3 is 2.00 bits per heavy atom. The molecule has 21 heavy (non-hydrogen) atoms. The van der Waals surface area contributed by atoms with E-state index >= 15 is 0 Å². The molecule has 0 aromatic heterocycles. The largest absolute Gasteiger partial charge is 0.491 e. The summed E-state index contributed by atoms with van der Waals surface area (Å²) in [6.07, 6.45) is 1.92. The van der Waals surface area contributed by atoms with Gasteiger partial charge in [-0.25, -0.2) is 0 Å². The van der Waals surface area contributed by atoms with E-state index in [4.69, 9.17) is 38.2 Å². The maximum atomic E-state index is 6.02. The molecule has 0 saturated carbocycles. The van der Waals surface area contributed by atoms with Crippen molar-refractivity contribution in [1.82, 2.24) is 0 Å². The van der Waals surface area contributed by atoms with Crippen LogP contribution in [0, 0.1) is 0 Å². The molecule has 3 nitrogen and oxygen atoms in total. The molecule has 0 aliphatic carbocycles. The first-order valence-corrected chi connectivity index (χ1v) is 7.62. The fourth-order valence-electron chi connectivity index (χ4n) is 2.09. The van der Waals surface area contributed by atoms with E-state index in [2.05, 4.69) is 0 Å². The molecule has 0 spiro atoms. The van der Waals surface area contributed by atoms with Crippen LogP contribution in [0.5, 0.6) is 0 Å². The first-order chi connectivity index (χ1) is 9.64. The zero-order valence-electron chi connectivity index (χ0n) is 12.7. The standard InChI is InChI=1S/C15H20BCl2NO2/c1-14(2)15(3,4)21-16(20-14)11(9-19)5-10-6-12(17)8-13(18)7-10/h5-8H,9,19H2,1-4H3. The third-order valence-corrected chi connectivity index (χ3v) is 4.47. The summed E-state index contributed by atoms with van der Waals surface area (Å²) in [7, 11) is -0.460. The molecule has 0 amide bonds. The lowest BCUT2D eigenvalue weighted by molar-refractivity contribution is 0.00578. The average molecular weight is 328 g/mol. The van der Waals surface area contributed by atoms with Gasteiger partial charge in [0.2, 0.25) is 0 Å². The molecule has 1 aromatic carbocycles. The third kappa shape index (κ3) is 3.63. The molecular weight excluding hydrogens is 308 g/mol.